The summed E-state index contributed by atoms with van der Waals surface area (Å²) in [5.41, 5.74) is 4.32. The van der Waals surface area contributed by atoms with Crippen molar-refractivity contribution in [3.63, 3.8) is 0 Å². The van der Waals surface area contributed by atoms with Crippen LogP contribution in [-0.4, -0.2) is 20.4 Å². The Balaban J connectivity index is 1.63. The lowest BCUT2D eigenvalue weighted by molar-refractivity contribution is -0.120. The summed E-state index contributed by atoms with van der Waals surface area (Å²) in [4.78, 5) is 14.6. The summed E-state index contributed by atoms with van der Waals surface area (Å²) in [6.45, 7) is 5.88. The quantitative estimate of drug-likeness (QED) is 0.872. The fourth-order valence-electron chi connectivity index (χ4n) is 3.77. The van der Waals surface area contributed by atoms with E-state index in [1.54, 1.807) is 24.3 Å². The molecule has 142 valence electrons. The highest BCUT2D eigenvalue weighted by Crippen LogP contribution is 2.39. The van der Waals surface area contributed by atoms with Crippen molar-refractivity contribution >= 4 is 27.3 Å². The van der Waals surface area contributed by atoms with E-state index in [0.717, 1.165) is 35.2 Å². The number of nitrogens with one attached hydrogen (secondary N) is 1. The number of fused-ring (bicyclic) bond motifs is 1. The van der Waals surface area contributed by atoms with Gasteiger partial charge < -0.3 is 4.90 Å². The number of rotatable bonds is 4. The molecular formula is C21H24N2O3S. The molecule has 1 atom stereocenters. The van der Waals surface area contributed by atoms with Crippen LogP contribution >= 0.6 is 0 Å². The van der Waals surface area contributed by atoms with Crippen LogP contribution in [0.25, 0.3) is 0 Å². The largest absolute Gasteiger partial charge is 0.309 e. The van der Waals surface area contributed by atoms with Crippen LogP contribution in [0.5, 0.6) is 0 Å². The molecule has 0 aromatic heterocycles. The second-order valence-electron chi connectivity index (χ2n) is 7.75. The minimum Gasteiger partial charge on any atom is -0.309 e. The predicted molar refractivity (Wildman–Crippen MR) is 107 cm³/mol. The number of hydrogen-bond donors (Lipinski definition) is 1. The van der Waals surface area contributed by atoms with Crippen molar-refractivity contribution in [1.82, 2.24) is 0 Å². The second-order valence-corrected chi connectivity index (χ2v) is 9.43. The molecule has 1 saturated carbocycles. The van der Waals surface area contributed by atoms with Gasteiger partial charge in [-0.1, -0.05) is 17.7 Å². The second kappa shape index (κ2) is 6.37. The van der Waals surface area contributed by atoms with Crippen LogP contribution in [0.15, 0.2) is 41.3 Å². The average Bonchev–Trinajstić information content (AvgIpc) is 3.39. The fourth-order valence-corrected chi connectivity index (χ4v) is 4.95. The Kier molecular flexibility index (Phi) is 4.26. The maximum absolute atomic E-state index is 12.9. The summed E-state index contributed by atoms with van der Waals surface area (Å²) < 4.78 is 28.4. The summed E-state index contributed by atoms with van der Waals surface area (Å²) >= 11 is 0. The van der Waals surface area contributed by atoms with Gasteiger partial charge in [0, 0.05) is 17.6 Å². The van der Waals surface area contributed by atoms with Crippen LogP contribution in [0.4, 0.5) is 11.4 Å². The summed E-state index contributed by atoms with van der Waals surface area (Å²) in [5, 5.41) is 0. The Bertz CT molecular complexity index is 1030. The molecule has 0 bridgehead atoms. The van der Waals surface area contributed by atoms with Gasteiger partial charge in [0.2, 0.25) is 5.91 Å². The minimum absolute atomic E-state index is 0.0679. The van der Waals surface area contributed by atoms with E-state index in [1.807, 2.05) is 37.8 Å². The van der Waals surface area contributed by atoms with Gasteiger partial charge >= 0.3 is 0 Å². The van der Waals surface area contributed by atoms with E-state index in [1.165, 1.54) is 0 Å². The summed E-state index contributed by atoms with van der Waals surface area (Å²) in [6, 6.07) is 10.8. The maximum Gasteiger partial charge on any atom is 0.261 e. The maximum atomic E-state index is 12.9. The zero-order valence-corrected chi connectivity index (χ0v) is 16.6. The molecule has 2 aromatic rings. The van der Waals surface area contributed by atoms with E-state index < -0.39 is 10.0 Å². The molecule has 1 fully saturated rings. The standard InChI is InChI=1S/C21H24N2O3S/c1-13-4-8-19(14(2)10-13)22-27(25,26)18-7-9-20-17(12-18)11-15(3)23(20)21(24)16-5-6-16/h4,7-10,12,15-16,22H,5-6,11H2,1-3H3/t15-/m1/s1. The Labute approximate surface area is 160 Å². The normalized spacial score (nSPS) is 19.1. The number of carbonyl (C=O) groups excluding carboxylic acids is 1. The number of benzene rings is 2. The average molecular weight is 385 g/mol. The number of carbonyl (C=O) groups is 1. The monoisotopic (exact) mass is 384 g/mol. The lowest BCUT2D eigenvalue weighted by Gasteiger charge is -2.22. The molecule has 1 amide bonds. The third-order valence-electron chi connectivity index (χ3n) is 5.37. The molecule has 0 radical (unpaired) electrons. The van der Waals surface area contributed by atoms with E-state index in [2.05, 4.69) is 4.72 Å². The first-order valence-electron chi connectivity index (χ1n) is 9.32. The molecule has 6 heteroatoms. The molecule has 4 rings (SSSR count). The number of amides is 1. The van der Waals surface area contributed by atoms with Crippen LogP contribution in [0, 0.1) is 19.8 Å². The topological polar surface area (TPSA) is 66.5 Å². The molecule has 0 spiro atoms. The van der Waals surface area contributed by atoms with Crippen molar-refractivity contribution in [3.8, 4) is 0 Å². The smallest absolute Gasteiger partial charge is 0.261 e. The molecular weight excluding hydrogens is 360 g/mol. The summed E-state index contributed by atoms with van der Waals surface area (Å²) in [6.07, 6.45) is 2.61. The van der Waals surface area contributed by atoms with Gasteiger partial charge in [0.25, 0.3) is 10.0 Å². The van der Waals surface area contributed by atoms with Crippen molar-refractivity contribution in [2.24, 2.45) is 5.92 Å². The van der Waals surface area contributed by atoms with Crippen LogP contribution in [0.2, 0.25) is 0 Å². The molecule has 1 heterocycles. The molecule has 0 saturated heterocycles. The van der Waals surface area contributed by atoms with Crippen molar-refractivity contribution in [1.29, 1.82) is 0 Å². The molecule has 0 unspecified atom stereocenters. The zero-order valence-electron chi connectivity index (χ0n) is 15.8. The Morgan fingerprint density at radius 1 is 1.11 bits per heavy atom. The van der Waals surface area contributed by atoms with E-state index in [9.17, 15) is 13.2 Å². The van der Waals surface area contributed by atoms with Gasteiger partial charge in [-0.25, -0.2) is 8.42 Å². The predicted octanol–water partition coefficient (Wildman–Crippen LogP) is 3.79. The molecule has 5 nitrogen and oxygen atoms in total. The number of anilines is 2. The minimum atomic E-state index is -3.68. The van der Waals surface area contributed by atoms with Gasteiger partial charge in [0.15, 0.2) is 0 Å². The molecule has 1 N–H and O–H groups in total. The lowest BCUT2D eigenvalue weighted by Crippen LogP contribution is -2.36. The van der Waals surface area contributed by atoms with Gasteiger partial charge in [-0.3, -0.25) is 9.52 Å². The highest BCUT2D eigenvalue weighted by molar-refractivity contribution is 7.92. The number of sulfonamides is 1. The number of nitrogens with zero attached hydrogens (tertiary/aromatic N) is 1. The fraction of sp³-hybridized carbons (Fsp3) is 0.381. The first kappa shape index (κ1) is 18.0. The first-order chi connectivity index (χ1) is 12.8. The van der Waals surface area contributed by atoms with Crippen LogP contribution < -0.4 is 9.62 Å². The van der Waals surface area contributed by atoms with Crippen molar-refractivity contribution in [3.05, 3.63) is 53.1 Å². The van der Waals surface area contributed by atoms with Gasteiger partial charge in [-0.2, -0.15) is 0 Å². The molecule has 1 aliphatic heterocycles. The Morgan fingerprint density at radius 2 is 1.85 bits per heavy atom. The van der Waals surface area contributed by atoms with Gasteiger partial charge in [0.1, 0.15) is 0 Å². The van der Waals surface area contributed by atoms with E-state index in [-0.39, 0.29) is 22.8 Å². The van der Waals surface area contributed by atoms with Gasteiger partial charge in [-0.15, -0.1) is 0 Å². The number of hydrogen-bond acceptors (Lipinski definition) is 3. The molecule has 27 heavy (non-hydrogen) atoms. The molecule has 2 aromatic carbocycles. The first-order valence-corrected chi connectivity index (χ1v) is 10.8. The Morgan fingerprint density at radius 3 is 2.52 bits per heavy atom. The highest BCUT2D eigenvalue weighted by atomic mass is 32.2. The van der Waals surface area contributed by atoms with E-state index >= 15 is 0 Å². The SMILES string of the molecule is Cc1ccc(NS(=O)(=O)c2ccc3c(c2)C[C@@H](C)N3C(=O)C2CC2)c(C)c1. The third kappa shape index (κ3) is 3.34. The van der Waals surface area contributed by atoms with Crippen molar-refractivity contribution < 1.29 is 13.2 Å². The van der Waals surface area contributed by atoms with Crippen molar-refractivity contribution in [2.45, 2.75) is 51.0 Å². The van der Waals surface area contributed by atoms with Crippen LogP contribution in [0.1, 0.15) is 36.5 Å². The van der Waals surface area contributed by atoms with Crippen LogP contribution in [-0.2, 0) is 21.2 Å². The molecule has 1 aliphatic carbocycles. The van der Waals surface area contributed by atoms with Crippen molar-refractivity contribution in [2.75, 3.05) is 9.62 Å². The van der Waals surface area contributed by atoms with E-state index in [0.29, 0.717) is 12.1 Å². The van der Waals surface area contributed by atoms with Gasteiger partial charge in [0.05, 0.1) is 10.6 Å². The lowest BCUT2D eigenvalue weighted by atomic mass is 10.1. The summed E-state index contributed by atoms with van der Waals surface area (Å²) in [7, 11) is -3.68. The third-order valence-corrected chi connectivity index (χ3v) is 6.73. The zero-order chi connectivity index (χ0) is 19.3. The number of aryl methyl sites for hydroxylation is 2. The van der Waals surface area contributed by atoms with Crippen LogP contribution in [0.3, 0.4) is 0 Å². The highest BCUT2D eigenvalue weighted by Gasteiger charge is 2.39. The van der Waals surface area contributed by atoms with Gasteiger partial charge in [-0.05, 0) is 75.4 Å². The van der Waals surface area contributed by atoms with E-state index in [4.69, 9.17) is 0 Å². The molecule has 2 aliphatic rings. The Hall–Kier alpha value is -2.34. The summed E-state index contributed by atoms with van der Waals surface area (Å²) in [5.74, 6) is 0.318.